The fourth-order valence-electron chi connectivity index (χ4n) is 2.31. The summed E-state index contributed by atoms with van der Waals surface area (Å²) in [5.41, 5.74) is 2.92. The first kappa shape index (κ1) is 14.7. The molecule has 0 saturated heterocycles. The highest BCUT2D eigenvalue weighted by molar-refractivity contribution is 9.10. The maximum Gasteiger partial charge on any atom is 0.251 e. The van der Waals surface area contributed by atoms with E-state index in [-0.39, 0.29) is 11.7 Å². The number of hydrogen-bond acceptors (Lipinski definition) is 3. The summed E-state index contributed by atoms with van der Waals surface area (Å²) in [4.78, 5) is 16.0. The Labute approximate surface area is 135 Å². The summed E-state index contributed by atoms with van der Waals surface area (Å²) < 4.78 is 14.0. The molecule has 0 aliphatic carbocycles. The van der Waals surface area contributed by atoms with Gasteiger partial charge in [0.2, 0.25) is 0 Å². The van der Waals surface area contributed by atoms with Crippen LogP contribution in [0.1, 0.15) is 15.9 Å². The van der Waals surface area contributed by atoms with Gasteiger partial charge in [-0.05, 0) is 45.8 Å². The molecule has 1 aliphatic heterocycles. The van der Waals surface area contributed by atoms with E-state index in [9.17, 15) is 9.18 Å². The van der Waals surface area contributed by atoms with E-state index in [2.05, 4.69) is 31.6 Å². The first-order valence-electron chi connectivity index (χ1n) is 6.71. The Hall–Kier alpha value is -2.21. The van der Waals surface area contributed by atoms with Crippen molar-refractivity contribution in [3.05, 3.63) is 57.8 Å². The molecule has 112 valence electrons. The number of carbonyl (C=O) groups excluding carboxylic acids is 1. The van der Waals surface area contributed by atoms with Crippen molar-refractivity contribution in [3.8, 4) is 0 Å². The normalized spacial score (nSPS) is 12.6. The third kappa shape index (κ3) is 2.87. The summed E-state index contributed by atoms with van der Waals surface area (Å²) >= 11 is 3.18. The Balaban J connectivity index is 1.81. The van der Waals surface area contributed by atoms with Crippen molar-refractivity contribution < 1.29 is 9.18 Å². The molecular weight excluding hydrogens is 349 g/mol. The van der Waals surface area contributed by atoms with E-state index in [4.69, 9.17) is 0 Å². The number of nitrogens with zero attached hydrogens (tertiary/aromatic N) is 1. The SMILES string of the molecule is CNC(=O)c1cccc(NC2=Nc3cc(F)c(Br)cc3C2)c1. The highest BCUT2D eigenvalue weighted by Crippen LogP contribution is 2.31. The molecular formula is C16H13BrFN3O. The highest BCUT2D eigenvalue weighted by atomic mass is 79.9. The van der Waals surface area contributed by atoms with Crippen molar-refractivity contribution >= 4 is 39.0 Å². The van der Waals surface area contributed by atoms with Crippen molar-refractivity contribution in [3.63, 3.8) is 0 Å². The molecule has 0 radical (unpaired) electrons. The quantitative estimate of drug-likeness (QED) is 0.857. The second kappa shape index (κ2) is 5.88. The number of halogens is 2. The number of amidine groups is 1. The number of benzene rings is 2. The molecule has 0 aromatic heterocycles. The standard InChI is InChI=1S/C16H13BrFN3O/c1-19-16(22)9-3-2-4-11(5-9)20-15-7-10-6-12(17)13(18)8-14(10)21-15/h2-6,8H,7H2,1H3,(H,19,22)(H,20,21). The Bertz CT molecular complexity index is 789. The van der Waals surface area contributed by atoms with Crippen molar-refractivity contribution in [2.75, 3.05) is 12.4 Å². The summed E-state index contributed by atoms with van der Waals surface area (Å²) in [7, 11) is 1.59. The van der Waals surface area contributed by atoms with Crippen LogP contribution < -0.4 is 10.6 Å². The molecule has 0 spiro atoms. The zero-order valence-corrected chi connectivity index (χ0v) is 13.4. The van der Waals surface area contributed by atoms with Gasteiger partial charge in [-0.3, -0.25) is 4.79 Å². The average molecular weight is 362 g/mol. The van der Waals surface area contributed by atoms with Crippen LogP contribution in [0.4, 0.5) is 15.8 Å². The lowest BCUT2D eigenvalue weighted by Gasteiger charge is -2.07. The van der Waals surface area contributed by atoms with Crippen molar-refractivity contribution in [2.45, 2.75) is 6.42 Å². The smallest absolute Gasteiger partial charge is 0.251 e. The zero-order valence-electron chi connectivity index (χ0n) is 11.8. The summed E-state index contributed by atoms with van der Waals surface area (Å²) in [6.45, 7) is 0. The summed E-state index contributed by atoms with van der Waals surface area (Å²) in [6, 6.07) is 10.3. The van der Waals surface area contributed by atoms with E-state index in [0.717, 1.165) is 17.1 Å². The molecule has 4 nitrogen and oxygen atoms in total. The number of nitrogens with one attached hydrogen (secondary N) is 2. The van der Waals surface area contributed by atoms with Crippen LogP contribution in [0.2, 0.25) is 0 Å². The number of carbonyl (C=O) groups is 1. The minimum atomic E-state index is -0.328. The van der Waals surface area contributed by atoms with Gasteiger partial charge in [0.1, 0.15) is 11.7 Å². The van der Waals surface area contributed by atoms with Crippen LogP contribution in [0.3, 0.4) is 0 Å². The Kier molecular flexibility index (Phi) is 3.94. The molecule has 22 heavy (non-hydrogen) atoms. The van der Waals surface area contributed by atoms with E-state index in [0.29, 0.717) is 22.1 Å². The lowest BCUT2D eigenvalue weighted by atomic mass is 10.1. The van der Waals surface area contributed by atoms with Gasteiger partial charge >= 0.3 is 0 Å². The lowest BCUT2D eigenvalue weighted by Crippen LogP contribution is -2.18. The predicted molar refractivity (Wildman–Crippen MR) is 88.4 cm³/mol. The van der Waals surface area contributed by atoms with Crippen LogP contribution in [0.15, 0.2) is 45.9 Å². The van der Waals surface area contributed by atoms with E-state index < -0.39 is 0 Å². The predicted octanol–water partition coefficient (Wildman–Crippen LogP) is 3.65. The van der Waals surface area contributed by atoms with Crippen molar-refractivity contribution in [1.82, 2.24) is 5.32 Å². The molecule has 1 heterocycles. The lowest BCUT2D eigenvalue weighted by molar-refractivity contribution is 0.0963. The van der Waals surface area contributed by atoms with E-state index >= 15 is 0 Å². The molecule has 0 saturated carbocycles. The largest absolute Gasteiger partial charge is 0.355 e. The fraction of sp³-hybridized carbons (Fsp3) is 0.125. The maximum atomic E-state index is 13.5. The van der Waals surface area contributed by atoms with Gasteiger partial charge < -0.3 is 10.6 Å². The molecule has 6 heteroatoms. The summed E-state index contributed by atoms with van der Waals surface area (Å²) in [6.07, 6.45) is 0.596. The fourth-order valence-corrected chi connectivity index (χ4v) is 2.70. The topological polar surface area (TPSA) is 53.5 Å². The molecule has 2 aromatic carbocycles. The molecule has 2 N–H and O–H groups in total. The Morgan fingerprint density at radius 1 is 1.32 bits per heavy atom. The maximum absolute atomic E-state index is 13.5. The molecule has 1 aliphatic rings. The number of aliphatic imine (C=N–C) groups is 1. The second-order valence-electron chi connectivity index (χ2n) is 4.92. The van der Waals surface area contributed by atoms with Crippen LogP contribution in [0.5, 0.6) is 0 Å². The van der Waals surface area contributed by atoms with Gasteiger partial charge in [0.05, 0.1) is 10.2 Å². The first-order chi connectivity index (χ1) is 10.6. The van der Waals surface area contributed by atoms with E-state index in [1.807, 2.05) is 6.07 Å². The van der Waals surface area contributed by atoms with Gasteiger partial charge in [0.25, 0.3) is 5.91 Å². The number of anilines is 1. The second-order valence-corrected chi connectivity index (χ2v) is 5.77. The van der Waals surface area contributed by atoms with Gasteiger partial charge in [-0.15, -0.1) is 0 Å². The number of amides is 1. The Morgan fingerprint density at radius 3 is 2.91 bits per heavy atom. The molecule has 0 fully saturated rings. The molecule has 3 rings (SSSR count). The third-order valence-electron chi connectivity index (χ3n) is 3.38. The van der Waals surface area contributed by atoms with Crippen molar-refractivity contribution in [1.29, 1.82) is 0 Å². The van der Waals surface area contributed by atoms with Gasteiger partial charge in [-0.25, -0.2) is 9.38 Å². The summed E-state index contributed by atoms with van der Waals surface area (Å²) in [5, 5.41) is 5.76. The molecule has 2 aromatic rings. The summed E-state index contributed by atoms with van der Waals surface area (Å²) in [5.74, 6) is 0.248. The molecule has 0 bridgehead atoms. The van der Waals surface area contributed by atoms with Crippen molar-refractivity contribution in [2.24, 2.45) is 4.99 Å². The van der Waals surface area contributed by atoms with Gasteiger partial charge in [0.15, 0.2) is 0 Å². The molecule has 1 amide bonds. The third-order valence-corrected chi connectivity index (χ3v) is 3.98. The average Bonchev–Trinajstić information content (AvgIpc) is 2.88. The zero-order chi connectivity index (χ0) is 15.7. The first-order valence-corrected chi connectivity index (χ1v) is 7.51. The number of rotatable bonds is 2. The number of hydrogen-bond donors (Lipinski definition) is 2. The highest BCUT2D eigenvalue weighted by Gasteiger charge is 2.17. The molecule has 0 unspecified atom stereocenters. The van der Waals surface area contributed by atoms with Gasteiger partial charge in [-0.1, -0.05) is 6.07 Å². The van der Waals surface area contributed by atoms with Crippen LogP contribution in [0.25, 0.3) is 0 Å². The number of fused-ring (bicyclic) bond motifs is 1. The van der Waals surface area contributed by atoms with Crippen LogP contribution in [0, 0.1) is 5.82 Å². The van der Waals surface area contributed by atoms with E-state index in [1.54, 1.807) is 31.3 Å². The van der Waals surface area contributed by atoms with Crippen LogP contribution >= 0.6 is 15.9 Å². The molecule has 0 atom stereocenters. The minimum absolute atomic E-state index is 0.147. The van der Waals surface area contributed by atoms with Gasteiger partial charge in [0, 0.05) is 30.8 Å². The van der Waals surface area contributed by atoms with Crippen LogP contribution in [-0.2, 0) is 6.42 Å². The minimum Gasteiger partial charge on any atom is -0.355 e. The van der Waals surface area contributed by atoms with Crippen LogP contribution in [-0.4, -0.2) is 18.8 Å². The van der Waals surface area contributed by atoms with Gasteiger partial charge in [-0.2, -0.15) is 0 Å². The van der Waals surface area contributed by atoms with E-state index in [1.165, 1.54) is 6.07 Å². The Morgan fingerprint density at radius 2 is 2.14 bits per heavy atom. The monoisotopic (exact) mass is 361 g/mol.